The predicted octanol–water partition coefficient (Wildman–Crippen LogP) is -0.919. The van der Waals surface area contributed by atoms with Gasteiger partial charge in [-0.1, -0.05) is 0 Å². The van der Waals surface area contributed by atoms with Crippen LogP contribution in [0.2, 0.25) is 0 Å². The molecule has 0 aliphatic carbocycles. The molecule has 4 N–H and O–H groups in total. The summed E-state index contributed by atoms with van der Waals surface area (Å²) < 4.78 is 4.25. The Morgan fingerprint density at radius 2 is 1.20 bits per heavy atom. The van der Waals surface area contributed by atoms with Gasteiger partial charge in [0.1, 0.15) is 0 Å². The molecule has 0 bridgehead atoms. The molecule has 0 fully saturated rings. The quantitative estimate of drug-likeness (QED) is 0.291. The van der Waals surface area contributed by atoms with E-state index in [2.05, 4.69) is 16.4 Å². The minimum Gasteiger partial charge on any atom is -0.388 e. The van der Waals surface area contributed by atoms with Gasteiger partial charge in [0, 0.05) is 14.2 Å². The first-order valence-electron chi connectivity index (χ1n) is 1.15. The Labute approximate surface area is 31.9 Å². The summed E-state index contributed by atoms with van der Waals surface area (Å²) in [6.07, 6.45) is 0. The summed E-state index contributed by atoms with van der Waals surface area (Å²) >= 11 is 0. The zero-order valence-corrected chi connectivity index (χ0v) is 3.56. The van der Waals surface area contributed by atoms with Crippen LogP contribution in [0.15, 0.2) is 0 Å². The minimum atomic E-state index is 1.62. The summed E-state index contributed by atoms with van der Waals surface area (Å²) in [6, 6.07) is 0. The second-order valence-electron chi connectivity index (χ2n) is 0.408. The Hall–Kier alpha value is -0.120. The molecule has 0 saturated carbocycles. The van der Waals surface area contributed by atoms with Gasteiger partial charge in [-0.05, 0) is 0 Å². The van der Waals surface area contributed by atoms with Crippen molar-refractivity contribution >= 4 is 0 Å². The Morgan fingerprint density at radius 3 is 1.20 bits per heavy atom. The average molecular weight is 78.1 g/mol. The first kappa shape index (κ1) is 8.86. The average Bonchev–Trinajstić information content (AvgIpc) is 1.46. The molecule has 34 valence electrons. The van der Waals surface area contributed by atoms with Crippen LogP contribution < -0.4 is 11.7 Å². The molecule has 0 aliphatic heterocycles. The maximum atomic E-state index is 4.25. The van der Waals surface area contributed by atoms with Crippen LogP contribution in [0.1, 0.15) is 0 Å². The third-order valence-corrected chi connectivity index (χ3v) is 0. The van der Waals surface area contributed by atoms with E-state index >= 15 is 0 Å². The number of ether oxygens (including phenoxy) is 1. The van der Waals surface area contributed by atoms with Crippen LogP contribution in [0.3, 0.4) is 0 Å². The van der Waals surface area contributed by atoms with Crippen molar-refractivity contribution in [3.8, 4) is 0 Å². The molecule has 0 heterocycles. The van der Waals surface area contributed by atoms with E-state index in [9.17, 15) is 0 Å². The molecule has 0 atom stereocenters. The maximum Gasteiger partial charge on any atom is 0.0351 e. The maximum absolute atomic E-state index is 4.25. The number of hydrazine groups is 1. The Morgan fingerprint density at radius 1 is 1.20 bits per heavy atom. The highest BCUT2D eigenvalue weighted by Crippen LogP contribution is 1.28. The number of nitrogens with two attached hydrogens (primary N) is 2. The topological polar surface area (TPSA) is 61.3 Å². The van der Waals surface area contributed by atoms with E-state index in [0.717, 1.165) is 0 Å². The van der Waals surface area contributed by atoms with Crippen LogP contribution >= 0.6 is 0 Å². The monoisotopic (exact) mass is 78.1 g/mol. The lowest BCUT2D eigenvalue weighted by atomic mass is 11.6. The number of hydrogen-bond acceptors (Lipinski definition) is 3. The van der Waals surface area contributed by atoms with Crippen LogP contribution in [0.25, 0.3) is 0 Å². The molecule has 0 rings (SSSR count). The molecule has 5 heavy (non-hydrogen) atoms. The number of rotatable bonds is 0. The van der Waals surface area contributed by atoms with Crippen LogP contribution in [0.5, 0.6) is 0 Å². The summed E-state index contributed by atoms with van der Waals surface area (Å²) in [6.45, 7) is 0. The summed E-state index contributed by atoms with van der Waals surface area (Å²) in [4.78, 5) is 0. The van der Waals surface area contributed by atoms with E-state index < -0.39 is 0 Å². The largest absolute Gasteiger partial charge is 0.388 e. The van der Waals surface area contributed by atoms with Gasteiger partial charge in [0.25, 0.3) is 0 Å². The van der Waals surface area contributed by atoms with Crippen LogP contribution in [-0.4, -0.2) is 14.2 Å². The lowest BCUT2D eigenvalue weighted by molar-refractivity contribution is 0.277. The number of hydrogen-bond donors (Lipinski definition) is 2. The van der Waals surface area contributed by atoms with Gasteiger partial charge in [-0.25, -0.2) is 0 Å². The van der Waals surface area contributed by atoms with Crippen molar-refractivity contribution < 1.29 is 4.74 Å². The second-order valence-corrected chi connectivity index (χ2v) is 0.408. The lowest BCUT2D eigenvalue weighted by Crippen LogP contribution is -2.02. The number of methoxy groups -OCH3 is 1. The van der Waals surface area contributed by atoms with Crippen molar-refractivity contribution in [2.24, 2.45) is 11.7 Å². The molecule has 0 aliphatic rings. The van der Waals surface area contributed by atoms with E-state index in [-0.39, 0.29) is 0 Å². The van der Waals surface area contributed by atoms with Crippen molar-refractivity contribution in [1.82, 2.24) is 0 Å². The van der Waals surface area contributed by atoms with E-state index in [1.165, 1.54) is 0 Å². The lowest BCUT2D eigenvalue weighted by Gasteiger charge is -1.61. The molecule has 0 saturated heterocycles. The predicted molar refractivity (Wildman–Crippen MR) is 21.3 cm³/mol. The van der Waals surface area contributed by atoms with Gasteiger partial charge < -0.3 is 4.74 Å². The zero-order chi connectivity index (χ0) is 4.71. The molecule has 0 aromatic carbocycles. The summed E-state index contributed by atoms with van der Waals surface area (Å²) in [5, 5.41) is 0. The van der Waals surface area contributed by atoms with Crippen molar-refractivity contribution in [2.75, 3.05) is 14.2 Å². The smallest absolute Gasteiger partial charge is 0.0351 e. The van der Waals surface area contributed by atoms with E-state index in [1.807, 2.05) is 0 Å². The Bertz CT molecular complexity index is 7.61. The molecule has 0 amide bonds. The van der Waals surface area contributed by atoms with Gasteiger partial charge >= 0.3 is 0 Å². The zero-order valence-electron chi connectivity index (χ0n) is 3.56. The summed E-state index contributed by atoms with van der Waals surface area (Å²) in [5.41, 5.74) is 0. The third-order valence-electron chi connectivity index (χ3n) is 0. The van der Waals surface area contributed by atoms with Crippen molar-refractivity contribution in [3.63, 3.8) is 0 Å². The molecular formula is C2H10N2O. The molecule has 0 radical (unpaired) electrons. The van der Waals surface area contributed by atoms with Crippen molar-refractivity contribution in [1.29, 1.82) is 0 Å². The third kappa shape index (κ3) is 952. The standard InChI is InChI=1S/C2H6O.H4N2/c1-3-2;1-2/h1-2H3;1-2H2. The van der Waals surface area contributed by atoms with Crippen LogP contribution in [-0.2, 0) is 4.74 Å². The molecular weight excluding hydrogens is 68.0 g/mol. The van der Waals surface area contributed by atoms with Crippen LogP contribution in [0, 0.1) is 0 Å². The summed E-state index contributed by atoms with van der Waals surface area (Å²) in [7, 11) is 3.25. The van der Waals surface area contributed by atoms with Crippen molar-refractivity contribution in [2.45, 2.75) is 0 Å². The van der Waals surface area contributed by atoms with Gasteiger partial charge in [0.15, 0.2) is 0 Å². The molecule has 0 spiro atoms. The van der Waals surface area contributed by atoms with E-state index in [1.54, 1.807) is 14.2 Å². The van der Waals surface area contributed by atoms with Gasteiger partial charge in [-0.15, -0.1) is 0 Å². The fourth-order valence-electron chi connectivity index (χ4n) is 0. The van der Waals surface area contributed by atoms with Crippen molar-refractivity contribution in [3.05, 3.63) is 0 Å². The van der Waals surface area contributed by atoms with Gasteiger partial charge in [0.05, 0.1) is 0 Å². The van der Waals surface area contributed by atoms with Gasteiger partial charge in [0.2, 0.25) is 0 Å². The Balaban J connectivity index is 0. The molecule has 0 aromatic heterocycles. The summed E-state index contributed by atoms with van der Waals surface area (Å²) in [5.74, 6) is 8.00. The Kier molecular flexibility index (Phi) is 73.6. The van der Waals surface area contributed by atoms with Gasteiger partial charge in [-0.3, -0.25) is 11.7 Å². The minimum absolute atomic E-state index is 1.62. The normalized spacial score (nSPS) is 4.80. The fraction of sp³-hybridized carbons (Fsp3) is 1.00. The molecule has 0 unspecified atom stereocenters. The first-order chi connectivity index (χ1) is 2.41. The second kappa shape index (κ2) is 41.6. The van der Waals surface area contributed by atoms with Crippen LogP contribution in [0.4, 0.5) is 0 Å². The molecule has 3 heteroatoms. The highest BCUT2D eigenvalue weighted by atomic mass is 16.4. The highest BCUT2D eigenvalue weighted by Gasteiger charge is 1.25. The van der Waals surface area contributed by atoms with E-state index in [0.29, 0.717) is 0 Å². The first-order valence-corrected chi connectivity index (χ1v) is 1.15. The SMILES string of the molecule is COC.NN. The highest BCUT2D eigenvalue weighted by molar-refractivity contribution is 3.56. The molecule has 0 aromatic rings. The molecule has 3 nitrogen and oxygen atoms in total. The van der Waals surface area contributed by atoms with E-state index in [4.69, 9.17) is 0 Å². The fourth-order valence-corrected chi connectivity index (χ4v) is 0. The van der Waals surface area contributed by atoms with Gasteiger partial charge in [-0.2, -0.15) is 0 Å².